The second-order valence-corrected chi connectivity index (χ2v) is 4.67. The van der Waals surface area contributed by atoms with E-state index in [9.17, 15) is 0 Å². The maximum atomic E-state index is 5.25. The first-order valence-corrected chi connectivity index (χ1v) is 7.00. The number of anilines is 2. The van der Waals surface area contributed by atoms with Crippen LogP contribution in [0.4, 0.5) is 11.6 Å². The van der Waals surface area contributed by atoms with Crippen molar-refractivity contribution in [2.45, 2.75) is 46.6 Å². The van der Waals surface area contributed by atoms with Crippen molar-refractivity contribution < 1.29 is 4.74 Å². The second kappa shape index (κ2) is 7.94. The Hall–Kier alpha value is -1.36. The molecule has 0 saturated heterocycles. The van der Waals surface area contributed by atoms with Crippen LogP contribution in [0.5, 0.6) is 0 Å². The van der Waals surface area contributed by atoms with Gasteiger partial charge in [-0.3, -0.25) is 0 Å². The molecule has 0 spiro atoms. The largest absolute Gasteiger partial charge is 0.380 e. The third-order valence-corrected chi connectivity index (χ3v) is 2.97. The minimum atomic E-state index is 0.159. The summed E-state index contributed by atoms with van der Waals surface area (Å²) in [6, 6.07) is 0. The Morgan fingerprint density at radius 3 is 2.32 bits per heavy atom. The zero-order valence-electron chi connectivity index (χ0n) is 12.7. The predicted molar refractivity (Wildman–Crippen MR) is 79.9 cm³/mol. The molecule has 1 heterocycles. The summed E-state index contributed by atoms with van der Waals surface area (Å²) < 4.78 is 5.25. The summed E-state index contributed by atoms with van der Waals surface area (Å²) in [6.45, 7) is 9.87. The van der Waals surface area contributed by atoms with E-state index in [1.165, 1.54) is 0 Å². The van der Waals surface area contributed by atoms with Crippen LogP contribution in [0.1, 0.15) is 38.6 Å². The standard InChI is InChI=1S/C14H26N4O/c1-6-8-12-17-13(15-7-2)11(4)14(18-12)16-9-10(3)19-5/h10H,6-9H2,1-5H3,(H2,15,16,17,18). The van der Waals surface area contributed by atoms with E-state index < -0.39 is 0 Å². The molecule has 19 heavy (non-hydrogen) atoms. The molecule has 1 rings (SSSR count). The van der Waals surface area contributed by atoms with E-state index >= 15 is 0 Å². The summed E-state index contributed by atoms with van der Waals surface area (Å²) in [5, 5.41) is 6.64. The summed E-state index contributed by atoms with van der Waals surface area (Å²) >= 11 is 0. The molecule has 1 unspecified atom stereocenters. The number of nitrogens with one attached hydrogen (secondary N) is 2. The second-order valence-electron chi connectivity index (χ2n) is 4.67. The number of hydrogen-bond donors (Lipinski definition) is 2. The number of rotatable bonds is 8. The molecule has 2 N–H and O–H groups in total. The fourth-order valence-electron chi connectivity index (χ4n) is 1.73. The average molecular weight is 266 g/mol. The maximum absolute atomic E-state index is 5.25. The molecule has 0 aromatic carbocycles. The Kier molecular flexibility index (Phi) is 6.56. The number of ether oxygens (including phenoxy) is 1. The Morgan fingerprint density at radius 1 is 1.16 bits per heavy atom. The summed E-state index contributed by atoms with van der Waals surface area (Å²) in [6.07, 6.45) is 2.10. The fourth-order valence-corrected chi connectivity index (χ4v) is 1.73. The third-order valence-electron chi connectivity index (χ3n) is 2.97. The van der Waals surface area contributed by atoms with Gasteiger partial charge in [-0.15, -0.1) is 0 Å². The van der Waals surface area contributed by atoms with Crippen molar-refractivity contribution in [3.63, 3.8) is 0 Å². The van der Waals surface area contributed by atoms with E-state index in [-0.39, 0.29) is 6.10 Å². The van der Waals surface area contributed by atoms with Crippen LogP contribution in [0.3, 0.4) is 0 Å². The summed E-state index contributed by atoms with van der Waals surface area (Å²) in [4.78, 5) is 9.16. The molecular weight excluding hydrogens is 240 g/mol. The molecule has 0 fully saturated rings. The first kappa shape index (κ1) is 15.7. The van der Waals surface area contributed by atoms with Crippen LogP contribution in [-0.2, 0) is 11.2 Å². The molecule has 1 atom stereocenters. The van der Waals surface area contributed by atoms with Gasteiger partial charge in [-0.1, -0.05) is 6.92 Å². The Balaban J connectivity index is 2.92. The van der Waals surface area contributed by atoms with Gasteiger partial charge in [0.25, 0.3) is 0 Å². The summed E-state index contributed by atoms with van der Waals surface area (Å²) in [5.74, 6) is 2.71. The van der Waals surface area contributed by atoms with Gasteiger partial charge in [-0.05, 0) is 27.2 Å². The van der Waals surface area contributed by atoms with E-state index in [0.717, 1.165) is 49.0 Å². The third kappa shape index (κ3) is 4.67. The van der Waals surface area contributed by atoms with Gasteiger partial charge in [-0.25, -0.2) is 9.97 Å². The Morgan fingerprint density at radius 2 is 1.79 bits per heavy atom. The summed E-state index contributed by atoms with van der Waals surface area (Å²) in [7, 11) is 1.71. The van der Waals surface area contributed by atoms with Crippen molar-refractivity contribution in [2.75, 3.05) is 30.8 Å². The molecule has 0 saturated carbocycles. The van der Waals surface area contributed by atoms with Crippen molar-refractivity contribution in [3.05, 3.63) is 11.4 Å². The minimum absolute atomic E-state index is 0.159. The molecule has 5 nitrogen and oxygen atoms in total. The number of aromatic nitrogens is 2. The van der Waals surface area contributed by atoms with Crippen LogP contribution in [0, 0.1) is 6.92 Å². The van der Waals surface area contributed by atoms with Crippen molar-refractivity contribution >= 4 is 11.6 Å². The lowest BCUT2D eigenvalue weighted by molar-refractivity contribution is 0.128. The van der Waals surface area contributed by atoms with Crippen LogP contribution in [0.2, 0.25) is 0 Å². The quantitative estimate of drug-likeness (QED) is 0.757. The van der Waals surface area contributed by atoms with Crippen LogP contribution in [0.25, 0.3) is 0 Å². The average Bonchev–Trinajstić information content (AvgIpc) is 2.40. The van der Waals surface area contributed by atoms with Gasteiger partial charge in [0.1, 0.15) is 17.5 Å². The van der Waals surface area contributed by atoms with E-state index in [0.29, 0.717) is 0 Å². The molecule has 0 aliphatic heterocycles. The van der Waals surface area contributed by atoms with E-state index in [1.54, 1.807) is 7.11 Å². The zero-order chi connectivity index (χ0) is 14.3. The van der Waals surface area contributed by atoms with Gasteiger partial charge in [0.15, 0.2) is 0 Å². The van der Waals surface area contributed by atoms with E-state index in [1.807, 2.05) is 13.8 Å². The smallest absolute Gasteiger partial charge is 0.134 e. The molecule has 1 aromatic rings. The highest BCUT2D eigenvalue weighted by atomic mass is 16.5. The molecule has 1 aromatic heterocycles. The van der Waals surface area contributed by atoms with Gasteiger partial charge in [-0.2, -0.15) is 0 Å². The molecular formula is C14H26N4O. The summed E-state index contributed by atoms with van der Waals surface area (Å²) in [5.41, 5.74) is 1.06. The predicted octanol–water partition coefficient (Wildman–Crippen LogP) is 2.62. The van der Waals surface area contributed by atoms with Gasteiger partial charge >= 0.3 is 0 Å². The van der Waals surface area contributed by atoms with Crippen molar-refractivity contribution in [1.29, 1.82) is 0 Å². The lowest BCUT2D eigenvalue weighted by atomic mass is 10.2. The minimum Gasteiger partial charge on any atom is -0.380 e. The number of methoxy groups -OCH3 is 1. The molecule has 0 bridgehead atoms. The normalized spacial score (nSPS) is 12.3. The van der Waals surface area contributed by atoms with Crippen molar-refractivity contribution in [1.82, 2.24) is 9.97 Å². The highest BCUT2D eigenvalue weighted by Crippen LogP contribution is 2.20. The van der Waals surface area contributed by atoms with Gasteiger partial charge < -0.3 is 15.4 Å². The van der Waals surface area contributed by atoms with E-state index in [2.05, 4.69) is 34.4 Å². The lowest BCUT2D eigenvalue weighted by Crippen LogP contribution is -2.20. The first-order valence-electron chi connectivity index (χ1n) is 7.00. The van der Waals surface area contributed by atoms with Crippen molar-refractivity contribution in [3.8, 4) is 0 Å². The highest BCUT2D eigenvalue weighted by Gasteiger charge is 2.10. The highest BCUT2D eigenvalue weighted by molar-refractivity contribution is 5.57. The number of aryl methyl sites for hydroxylation is 1. The number of hydrogen-bond acceptors (Lipinski definition) is 5. The van der Waals surface area contributed by atoms with Gasteiger partial charge in [0.2, 0.25) is 0 Å². The van der Waals surface area contributed by atoms with E-state index in [4.69, 9.17) is 4.74 Å². The van der Waals surface area contributed by atoms with Crippen LogP contribution >= 0.6 is 0 Å². The molecule has 108 valence electrons. The van der Waals surface area contributed by atoms with Crippen LogP contribution in [0.15, 0.2) is 0 Å². The molecule has 0 amide bonds. The first-order chi connectivity index (χ1) is 9.12. The number of nitrogens with zero attached hydrogens (tertiary/aromatic N) is 2. The Labute approximate surface area is 116 Å². The topological polar surface area (TPSA) is 59.1 Å². The SMILES string of the molecule is CCCc1nc(NCC)c(C)c(NCC(C)OC)n1. The molecule has 0 aliphatic rings. The Bertz CT molecular complexity index is 395. The van der Waals surface area contributed by atoms with Gasteiger partial charge in [0, 0.05) is 32.2 Å². The fraction of sp³-hybridized carbons (Fsp3) is 0.714. The molecule has 0 radical (unpaired) electrons. The lowest BCUT2D eigenvalue weighted by Gasteiger charge is -2.16. The zero-order valence-corrected chi connectivity index (χ0v) is 12.7. The van der Waals surface area contributed by atoms with Crippen molar-refractivity contribution in [2.24, 2.45) is 0 Å². The van der Waals surface area contributed by atoms with Crippen LogP contribution < -0.4 is 10.6 Å². The molecule has 5 heteroatoms. The van der Waals surface area contributed by atoms with Gasteiger partial charge in [0.05, 0.1) is 6.10 Å². The molecule has 0 aliphatic carbocycles. The monoisotopic (exact) mass is 266 g/mol. The van der Waals surface area contributed by atoms with Crippen LogP contribution in [-0.4, -0.2) is 36.3 Å². The maximum Gasteiger partial charge on any atom is 0.134 e.